The fraction of sp³-hybridized carbons (Fsp3) is 0.462. The Morgan fingerprint density at radius 1 is 1.59 bits per heavy atom. The van der Waals surface area contributed by atoms with E-state index in [4.69, 9.17) is 11.6 Å². The van der Waals surface area contributed by atoms with Crippen LogP contribution in [-0.2, 0) is 0 Å². The smallest absolute Gasteiger partial charge is 0.151 e. The molecule has 0 spiro atoms. The molecule has 0 saturated carbocycles. The van der Waals surface area contributed by atoms with Gasteiger partial charge in [0, 0.05) is 17.8 Å². The van der Waals surface area contributed by atoms with E-state index in [0.29, 0.717) is 16.5 Å². The number of anilines is 1. The third-order valence-corrected chi connectivity index (χ3v) is 3.84. The second-order valence-electron chi connectivity index (χ2n) is 4.53. The standard InChI is InChI=1S/C13H16ClNO2/c1-9-4-5-15(13(9)8-17)11-3-2-10(7-16)12(14)6-11/h2-3,6-7,9,13,17H,4-5,8H2,1H3. The van der Waals surface area contributed by atoms with Crippen molar-refractivity contribution in [1.82, 2.24) is 0 Å². The first-order valence-electron chi connectivity index (χ1n) is 5.79. The van der Waals surface area contributed by atoms with Crippen LogP contribution in [0.1, 0.15) is 23.7 Å². The summed E-state index contributed by atoms with van der Waals surface area (Å²) in [5, 5.41) is 9.87. The molecule has 0 amide bonds. The monoisotopic (exact) mass is 253 g/mol. The molecule has 1 aromatic rings. The minimum atomic E-state index is 0.146. The third-order valence-electron chi connectivity index (χ3n) is 3.51. The number of hydrogen-bond donors (Lipinski definition) is 1. The van der Waals surface area contributed by atoms with Crippen molar-refractivity contribution in [2.24, 2.45) is 5.92 Å². The molecular weight excluding hydrogens is 238 g/mol. The molecule has 92 valence electrons. The highest BCUT2D eigenvalue weighted by molar-refractivity contribution is 6.33. The second-order valence-corrected chi connectivity index (χ2v) is 4.94. The van der Waals surface area contributed by atoms with Crippen LogP contribution < -0.4 is 4.90 Å². The van der Waals surface area contributed by atoms with Crippen molar-refractivity contribution < 1.29 is 9.90 Å². The van der Waals surface area contributed by atoms with Crippen LogP contribution in [0.2, 0.25) is 5.02 Å². The van der Waals surface area contributed by atoms with Crippen LogP contribution >= 0.6 is 11.6 Å². The van der Waals surface area contributed by atoms with E-state index in [1.165, 1.54) is 0 Å². The second kappa shape index (κ2) is 5.07. The van der Waals surface area contributed by atoms with Gasteiger partial charge in [-0.2, -0.15) is 0 Å². The number of aliphatic hydroxyl groups is 1. The van der Waals surface area contributed by atoms with E-state index < -0.39 is 0 Å². The van der Waals surface area contributed by atoms with E-state index in [0.717, 1.165) is 24.9 Å². The van der Waals surface area contributed by atoms with Crippen molar-refractivity contribution in [2.75, 3.05) is 18.1 Å². The maximum absolute atomic E-state index is 10.7. The van der Waals surface area contributed by atoms with Gasteiger partial charge in [-0.25, -0.2) is 0 Å². The van der Waals surface area contributed by atoms with Gasteiger partial charge in [0.15, 0.2) is 6.29 Å². The summed E-state index contributed by atoms with van der Waals surface area (Å²) in [6, 6.07) is 5.55. The topological polar surface area (TPSA) is 40.5 Å². The molecule has 1 N–H and O–H groups in total. The summed E-state index contributed by atoms with van der Waals surface area (Å²) in [5.41, 5.74) is 1.48. The van der Waals surface area contributed by atoms with Gasteiger partial charge in [0.05, 0.1) is 17.7 Å². The molecule has 1 aliphatic heterocycles. The Hall–Kier alpha value is -1.06. The van der Waals surface area contributed by atoms with Gasteiger partial charge >= 0.3 is 0 Å². The summed E-state index contributed by atoms with van der Waals surface area (Å²) in [7, 11) is 0. The fourth-order valence-corrected chi connectivity index (χ4v) is 2.62. The summed E-state index contributed by atoms with van der Waals surface area (Å²) >= 11 is 6.01. The Labute approximate surface area is 106 Å². The molecule has 0 aromatic heterocycles. The minimum Gasteiger partial charge on any atom is -0.394 e. The molecule has 1 fully saturated rings. The number of aldehydes is 1. The Balaban J connectivity index is 2.28. The van der Waals surface area contributed by atoms with Crippen molar-refractivity contribution in [3.8, 4) is 0 Å². The first-order valence-corrected chi connectivity index (χ1v) is 6.17. The van der Waals surface area contributed by atoms with Gasteiger partial charge in [0.2, 0.25) is 0 Å². The van der Waals surface area contributed by atoms with Crippen LogP contribution in [0, 0.1) is 5.92 Å². The van der Waals surface area contributed by atoms with Crippen LogP contribution in [0.3, 0.4) is 0 Å². The van der Waals surface area contributed by atoms with Gasteiger partial charge in [-0.05, 0) is 30.5 Å². The molecule has 0 radical (unpaired) electrons. The lowest BCUT2D eigenvalue weighted by atomic mass is 10.0. The van der Waals surface area contributed by atoms with Gasteiger partial charge in [-0.3, -0.25) is 4.79 Å². The Morgan fingerprint density at radius 3 is 2.94 bits per heavy atom. The number of halogens is 1. The number of hydrogen-bond acceptors (Lipinski definition) is 3. The molecular formula is C13H16ClNO2. The van der Waals surface area contributed by atoms with Crippen LogP contribution in [0.5, 0.6) is 0 Å². The average Bonchev–Trinajstić information content (AvgIpc) is 2.70. The van der Waals surface area contributed by atoms with Crippen LogP contribution in [0.4, 0.5) is 5.69 Å². The molecule has 0 bridgehead atoms. The Kier molecular flexibility index (Phi) is 3.69. The highest BCUT2D eigenvalue weighted by Gasteiger charge is 2.30. The largest absolute Gasteiger partial charge is 0.394 e. The third kappa shape index (κ3) is 2.31. The first kappa shape index (κ1) is 12.4. The predicted octanol–water partition coefficient (Wildman–Crippen LogP) is 2.36. The summed E-state index contributed by atoms with van der Waals surface area (Å²) in [5.74, 6) is 0.476. The first-order chi connectivity index (χ1) is 8.17. The van der Waals surface area contributed by atoms with E-state index >= 15 is 0 Å². The van der Waals surface area contributed by atoms with Crippen molar-refractivity contribution >= 4 is 23.6 Å². The van der Waals surface area contributed by atoms with E-state index in [1.807, 2.05) is 6.07 Å². The van der Waals surface area contributed by atoms with E-state index in [9.17, 15) is 9.90 Å². The number of carbonyl (C=O) groups is 1. The lowest BCUT2D eigenvalue weighted by Gasteiger charge is -2.27. The van der Waals surface area contributed by atoms with Gasteiger partial charge in [0.25, 0.3) is 0 Å². The van der Waals surface area contributed by atoms with E-state index in [1.54, 1.807) is 12.1 Å². The lowest BCUT2D eigenvalue weighted by Crippen LogP contribution is -2.35. The predicted molar refractivity (Wildman–Crippen MR) is 68.8 cm³/mol. The van der Waals surface area contributed by atoms with Gasteiger partial charge in [0.1, 0.15) is 0 Å². The average molecular weight is 254 g/mol. The molecule has 1 aliphatic rings. The quantitative estimate of drug-likeness (QED) is 0.841. The van der Waals surface area contributed by atoms with Crippen molar-refractivity contribution in [2.45, 2.75) is 19.4 Å². The highest BCUT2D eigenvalue weighted by atomic mass is 35.5. The normalized spacial score (nSPS) is 24.1. The van der Waals surface area contributed by atoms with E-state index in [2.05, 4.69) is 11.8 Å². The van der Waals surface area contributed by atoms with E-state index in [-0.39, 0.29) is 12.6 Å². The van der Waals surface area contributed by atoms with Crippen molar-refractivity contribution in [1.29, 1.82) is 0 Å². The summed E-state index contributed by atoms with van der Waals surface area (Å²) in [4.78, 5) is 12.9. The zero-order valence-electron chi connectivity index (χ0n) is 9.77. The number of rotatable bonds is 3. The Bertz CT molecular complexity index is 422. The van der Waals surface area contributed by atoms with Crippen molar-refractivity contribution in [3.05, 3.63) is 28.8 Å². The molecule has 1 heterocycles. The van der Waals surface area contributed by atoms with Gasteiger partial charge in [-0.1, -0.05) is 18.5 Å². The van der Waals surface area contributed by atoms with Crippen molar-refractivity contribution in [3.63, 3.8) is 0 Å². The van der Waals surface area contributed by atoms with Crippen LogP contribution in [0.25, 0.3) is 0 Å². The molecule has 1 saturated heterocycles. The molecule has 2 unspecified atom stereocenters. The summed E-state index contributed by atoms with van der Waals surface area (Å²) in [6.45, 7) is 3.21. The summed E-state index contributed by atoms with van der Waals surface area (Å²) < 4.78 is 0. The highest BCUT2D eigenvalue weighted by Crippen LogP contribution is 2.31. The van der Waals surface area contributed by atoms with Gasteiger partial charge < -0.3 is 10.0 Å². The lowest BCUT2D eigenvalue weighted by molar-refractivity contribution is 0.112. The molecule has 2 rings (SSSR count). The minimum absolute atomic E-state index is 0.146. The molecule has 0 aliphatic carbocycles. The molecule has 4 heteroatoms. The number of benzene rings is 1. The number of aliphatic hydroxyl groups excluding tert-OH is 1. The van der Waals surface area contributed by atoms with Gasteiger partial charge in [-0.15, -0.1) is 0 Å². The summed E-state index contributed by atoms with van der Waals surface area (Å²) in [6.07, 6.45) is 1.82. The zero-order chi connectivity index (χ0) is 12.4. The number of nitrogens with zero attached hydrogens (tertiary/aromatic N) is 1. The molecule has 1 aromatic carbocycles. The Morgan fingerprint density at radius 2 is 2.35 bits per heavy atom. The maximum Gasteiger partial charge on any atom is 0.151 e. The number of carbonyl (C=O) groups excluding carboxylic acids is 1. The molecule has 2 atom stereocenters. The molecule has 3 nitrogen and oxygen atoms in total. The van der Waals surface area contributed by atoms with Crippen LogP contribution in [0.15, 0.2) is 18.2 Å². The van der Waals surface area contributed by atoms with Crippen LogP contribution in [-0.4, -0.2) is 30.6 Å². The molecule has 17 heavy (non-hydrogen) atoms. The zero-order valence-corrected chi connectivity index (χ0v) is 10.5. The maximum atomic E-state index is 10.7. The SMILES string of the molecule is CC1CCN(c2ccc(C=O)c(Cl)c2)C1CO. The fourth-order valence-electron chi connectivity index (χ4n) is 2.40.